The van der Waals surface area contributed by atoms with Crippen LogP contribution in [0.3, 0.4) is 0 Å². The number of rotatable bonds is 4. The molecule has 6 nitrogen and oxygen atoms in total. The Morgan fingerprint density at radius 2 is 1.66 bits per heavy atom. The van der Waals surface area contributed by atoms with Gasteiger partial charge in [-0.1, -0.05) is 12.1 Å². The van der Waals surface area contributed by atoms with Crippen LogP contribution in [0.1, 0.15) is 10.5 Å². The van der Waals surface area contributed by atoms with E-state index in [1.807, 2.05) is 4.90 Å². The summed E-state index contributed by atoms with van der Waals surface area (Å²) < 4.78 is 27.0. The molecule has 0 bridgehead atoms. The fourth-order valence-electron chi connectivity index (χ4n) is 3.24. The maximum atomic E-state index is 14.0. The van der Waals surface area contributed by atoms with Gasteiger partial charge >= 0.3 is 0 Å². The van der Waals surface area contributed by atoms with Crippen molar-refractivity contribution >= 4 is 23.1 Å². The number of para-hydroxylation sites is 1. The Kier molecular flexibility index (Phi) is 5.33. The van der Waals surface area contributed by atoms with E-state index in [0.717, 1.165) is 0 Å². The van der Waals surface area contributed by atoms with Crippen LogP contribution in [0.15, 0.2) is 60.9 Å². The van der Waals surface area contributed by atoms with Gasteiger partial charge in [-0.2, -0.15) is 0 Å². The van der Waals surface area contributed by atoms with Gasteiger partial charge in [-0.3, -0.25) is 4.79 Å². The van der Waals surface area contributed by atoms with Crippen molar-refractivity contribution in [2.75, 3.05) is 36.4 Å². The number of hydrogen-bond donors (Lipinski definition) is 1. The molecule has 0 aliphatic carbocycles. The first-order valence-electron chi connectivity index (χ1n) is 9.23. The van der Waals surface area contributed by atoms with Gasteiger partial charge in [0.15, 0.2) is 0 Å². The monoisotopic (exact) mass is 395 g/mol. The Labute approximate surface area is 166 Å². The third-order valence-corrected chi connectivity index (χ3v) is 4.76. The molecule has 8 heteroatoms. The molecule has 1 aliphatic heterocycles. The van der Waals surface area contributed by atoms with Crippen LogP contribution in [-0.2, 0) is 0 Å². The van der Waals surface area contributed by atoms with Gasteiger partial charge in [0, 0.05) is 37.9 Å². The second kappa shape index (κ2) is 8.22. The molecule has 1 N–H and O–H groups in total. The highest BCUT2D eigenvalue weighted by Gasteiger charge is 2.24. The zero-order chi connectivity index (χ0) is 20.2. The number of aromatic nitrogens is 2. The minimum absolute atomic E-state index is 0.206. The summed E-state index contributed by atoms with van der Waals surface area (Å²) in [6.07, 6.45) is 1.31. The number of anilines is 3. The molecule has 1 aliphatic rings. The van der Waals surface area contributed by atoms with Crippen molar-refractivity contribution in [3.63, 3.8) is 0 Å². The molecule has 2 aromatic carbocycles. The third-order valence-electron chi connectivity index (χ3n) is 4.76. The van der Waals surface area contributed by atoms with E-state index >= 15 is 0 Å². The van der Waals surface area contributed by atoms with Gasteiger partial charge in [0.2, 0.25) is 0 Å². The van der Waals surface area contributed by atoms with Crippen molar-refractivity contribution in [3.05, 3.63) is 78.3 Å². The van der Waals surface area contributed by atoms with Crippen molar-refractivity contribution in [2.45, 2.75) is 0 Å². The molecule has 148 valence electrons. The summed E-state index contributed by atoms with van der Waals surface area (Å²) in [7, 11) is 0. The highest BCUT2D eigenvalue weighted by molar-refractivity contribution is 5.93. The minimum Gasteiger partial charge on any atom is -0.366 e. The average molecular weight is 395 g/mol. The lowest BCUT2D eigenvalue weighted by Crippen LogP contribution is -2.49. The van der Waals surface area contributed by atoms with Crippen LogP contribution >= 0.6 is 0 Å². The maximum Gasteiger partial charge on any atom is 0.272 e. The van der Waals surface area contributed by atoms with Crippen LogP contribution in [0.4, 0.5) is 26.0 Å². The quantitative estimate of drug-likeness (QED) is 0.733. The number of piperazine rings is 1. The molecule has 0 unspecified atom stereocenters. The third kappa shape index (κ3) is 4.31. The number of carbonyl (C=O) groups excluding carboxylic acids is 1. The van der Waals surface area contributed by atoms with Crippen molar-refractivity contribution in [2.24, 2.45) is 0 Å². The van der Waals surface area contributed by atoms with Crippen LogP contribution in [0.5, 0.6) is 0 Å². The summed E-state index contributed by atoms with van der Waals surface area (Å²) in [5.74, 6) is -0.356. The highest BCUT2D eigenvalue weighted by Crippen LogP contribution is 2.21. The first-order chi connectivity index (χ1) is 14.1. The van der Waals surface area contributed by atoms with E-state index in [2.05, 4.69) is 15.3 Å². The minimum atomic E-state index is -0.330. The SMILES string of the molecule is O=C(c1cc(Nc2ccc(F)cc2)ncn1)N1CCN(c2ccccc2F)CC1. The number of benzene rings is 2. The van der Waals surface area contributed by atoms with Crippen LogP contribution in [0, 0.1) is 11.6 Å². The number of amides is 1. The Morgan fingerprint density at radius 3 is 2.38 bits per heavy atom. The largest absolute Gasteiger partial charge is 0.366 e. The molecule has 1 aromatic heterocycles. The van der Waals surface area contributed by atoms with E-state index in [4.69, 9.17) is 0 Å². The standard InChI is InChI=1S/C21H19F2N5O/c22-15-5-7-16(8-6-15)26-20-13-18(24-14-25-20)21(29)28-11-9-27(10-12-28)19-4-2-1-3-17(19)23/h1-8,13-14H,9-12H2,(H,24,25,26). The Bertz CT molecular complexity index is 1000. The van der Waals surface area contributed by atoms with Gasteiger partial charge in [-0.25, -0.2) is 18.7 Å². The molecular formula is C21H19F2N5O. The first-order valence-corrected chi connectivity index (χ1v) is 9.23. The molecule has 0 radical (unpaired) electrons. The zero-order valence-corrected chi connectivity index (χ0v) is 15.6. The summed E-state index contributed by atoms with van der Waals surface area (Å²) in [4.78, 5) is 24.6. The van der Waals surface area contributed by atoms with Gasteiger partial charge in [-0.05, 0) is 36.4 Å². The highest BCUT2D eigenvalue weighted by atomic mass is 19.1. The van der Waals surface area contributed by atoms with Gasteiger partial charge < -0.3 is 15.1 Å². The fourth-order valence-corrected chi connectivity index (χ4v) is 3.24. The first kappa shape index (κ1) is 18.8. The smallest absolute Gasteiger partial charge is 0.272 e. The second-order valence-corrected chi connectivity index (χ2v) is 6.65. The molecule has 1 saturated heterocycles. The molecule has 0 saturated carbocycles. The molecule has 29 heavy (non-hydrogen) atoms. The molecule has 3 aromatic rings. The van der Waals surface area contributed by atoms with E-state index in [-0.39, 0.29) is 23.2 Å². The van der Waals surface area contributed by atoms with E-state index in [0.29, 0.717) is 43.4 Å². The lowest BCUT2D eigenvalue weighted by atomic mass is 10.2. The number of carbonyl (C=O) groups is 1. The predicted molar refractivity (Wildman–Crippen MR) is 106 cm³/mol. The molecule has 4 rings (SSSR count). The Hall–Kier alpha value is -3.55. The Balaban J connectivity index is 1.41. The van der Waals surface area contributed by atoms with Crippen LogP contribution in [-0.4, -0.2) is 47.0 Å². The van der Waals surface area contributed by atoms with Crippen LogP contribution in [0.25, 0.3) is 0 Å². The molecule has 2 heterocycles. The van der Waals surface area contributed by atoms with Gasteiger partial charge in [-0.15, -0.1) is 0 Å². The van der Waals surface area contributed by atoms with E-state index in [9.17, 15) is 13.6 Å². The van der Waals surface area contributed by atoms with Crippen molar-refractivity contribution in [1.82, 2.24) is 14.9 Å². The van der Waals surface area contributed by atoms with E-state index in [1.54, 1.807) is 41.3 Å². The summed E-state index contributed by atoms with van der Waals surface area (Å²) in [6, 6.07) is 14.0. The Morgan fingerprint density at radius 1 is 0.931 bits per heavy atom. The molecule has 0 spiro atoms. The molecule has 1 amide bonds. The second-order valence-electron chi connectivity index (χ2n) is 6.65. The van der Waals surface area contributed by atoms with Gasteiger partial charge in [0.1, 0.15) is 29.5 Å². The van der Waals surface area contributed by atoms with Crippen molar-refractivity contribution in [3.8, 4) is 0 Å². The summed E-state index contributed by atoms with van der Waals surface area (Å²) >= 11 is 0. The topological polar surface area (TPSA) is 61.4 Å². The van der Waals surface area contributed by atoms with E-state index < -0.39 is 0 Å². The predicted octanol–water partition coefficient (Wildman–Crippen LogP) is 3.46. The van der Waals surface area contributed by atoms with Crippen molar-refractivity contribution < 1.29 is 13.6 Å². The number of nitrogens with zero attached hydrogens (tertiary/aromatic N) is 4. The molecular weight excluding hydrogens is 376 g/mol. The molecule has 1 fully saturated rings. The fraction of sp³-hybridized carbons (Fsp3) is 0.190. The summed E-state index contributed by atoms with van der Waals surface area (Å²) in [5.41, 5.74) is 1.47. The lowest BCUT2D eigenvalue weighted by molar-refractivity contribution is 0.0740. The van der Waals surface area contributed by atoms with E-state index in [1.165, 1.54) is 24.5 Å². The number of halogens is 2. The van der Waals surface area contributed by atoms with Crippen LogP contribution < -0.4 is 10.2 Å². The normalized spacial score (nSPS) is 14.0. The average Bonchev–Trinajstić information content (AvgIpc) is 2.76. The van der Waals surface area contributed by atoms with Crippen molar-refractivity contribution in [1.29, 1.82) is 0 Å². The molecule has 0 atom stereocenters. The van der Waals surface area contributed by atoms with Gasteiger partial charge in [0.25, 0.3) is 5.91 Å². The van der Waals surface area contributed by atoms with Gasteiger partial charge in [0.05, 0.1) is 5.69 Å². The number of nitrogens with one attached hydrogen (secondary N) is 1. The maximum absolute atomic E-state index is 14.0. The number of hydrogen-bond acceptors (Lipinski definition) is 5. The lowest BCUT2D eigenvalue weighted by Gasteiger charge is -2.36. The zero-order valence-electron chi connectivity index (χ0n) is 15.6. The summed E-state index contributed by atoms with van der Waals surface area (Å²) in [6.45, 7) is 2.02. The summed E-state index contributed by atoms with van der Waals surface area (Å²) in [5, 5.41) is 3.03. The van der Waals surface area contributed by atoms with Crippen LogP contribution in [0.2, 0.25) is 0 Å².